The Balaban J connectivity index is 0.000000192. The van der Waals surface area contributed by atoms with Gasteiger partial charge in [0.1, 0.15) is 16.8 Å². The van der Waals surface area contributed by atoms with E-state index in [0.29, 0.717) is 29.2 Å². The zero-order valence-electron chi connectivity index (χ0n) is 21.8. The Bertz CT molecular complexity index is 1200. The van der Waals surface area contributed by atoms with Crippen molar-refractivity contribution in [3.8, 4) is 5.82 Å². The molecule has 1 fully saturated rings. The summed E-state index contributed by atoms with van der Waals surface area (Å²) >= 11 is 3.00. The highest BCUT2D eigenvalue weighted by Gasteiger charge is 2.21. The molecule has 4 heterocycles. The number of halogens is 1. The van der Waals surface area contributed by atoms with Crippen LogP contribution in [0.1, 0.15) is 46.4 Å². The quantitative estimate of drug-likeness (QED) is 0.321. The van der Waals surface area contributed by atoms with Gasteiger partial charge in [-0.15, -0.1) is 0 Å². The average Bonchev–Trinajstić information content (AvgIpc) is 3.72. The largest absolute Gasteiger partial charge is 0.478 e. The molecule has 13 heteroatoms. The van der Waals surface area contributed by atoms with Crippen molar-refractivity contribution in [1.82, 2.24) is 30.4 Å². The minimum atomic E-state index is -1.01. The maximum Gasteiger partial charge on any atom is 0.339 e. The minimum Gasteiger partial charge on any atom is -0.478 e. The molecule has 5 rings (SSSR count). The number of nitrogens with zero attached hydrogens (tertiary/aromatic N) is 6. The van der Waals surface area contributed by atoms with Gasteiger partial charge in [-0.3, -0.25) is 9.98 Å². The number of hydrogen-bond donors (Lipinski definition) is 4. The predicted octanol–water partition coefficient (Wildman–Crippen LogP) is 3.34. The summed E-state index contributed by atoms with van der Waals surface area (Å²) in [7, 11) is 4.11. The lowest BCUT2D eigenvalue weighted by molar-refractivity contribution is 0.0685. The van der Waals surface area contributed by atoms with Gasteiger partial charge >= 0.3 is 11.9 Å². The molecule has 4 N–H and O–H groups in total. The molecule has 0 aromatic carbocycles. The fourth-order valence-electron chi connectivity index (χ4n) is 3.74. The highest BCUT2D eigenvalue weighted by molar-refractivity contribution is 9.10. The van der Waals surface area contributed by atoms with Gasteiger partial charge in [0, 0.05) is 49.3 Å². The molecule has 12 nitrogen and oxygen atoms in total. The Morgan fingerprint density at radius 2 is 1.44 bits per heavy atom. The van der Waals surface area contributed by atoms with Crippen LogP contribution in [0.5, 0.6) is 0 Å². The molecule has 39 heavy (non-hydrogen) atoms. The second kappa shape index (κ2) is 17.7. The van der Waals surface area contributed by atoms with Crippen molar-refractivity contribution in [2.24, 2.45) is 9.98 Å². The van der Waals surface area contributed by atoms with E-state index >= 15 is 0 Å². The summed E-state index contributed by atoms with van der Waals surface area (Å²) < 4.78 is 1.78. The molecule has 2 aliphatic rings. The first kappa shape index (κ1) is 31.4. The molecule has 1 saturated carbocycles. The molecule has 1 aliphatic carbocycles. The first-order valence-electron chi connectivity index (χ1n) is 12.2. The highest BCUT2D eigenvalue weighted by atomic mass is 79.9. The number of carboxylic acids is 2. The number of carboxylic acid groups (broad SMARTS) is 2. The lowest BCUT2D eigenvalue weighted by Gasteiger charge is -2.30. The highest BCUT2D eigenvalue weighted by Crippen LogP contribution is 2.17. The topological polar surface area (TPSA) is 167 Å². The second-order valence-electron chi connectivity index (χ2n) is 8.16. The molecule has 0 bridgehead atoms. The molecule has 0 saturated heterocycles. The van der Waals surface area contributed by atoms with Gasteiger partial charge < -0.3 is 20.8 Å². The van der Waals surface area contributed by atoms with Crippen LogP contribution < -0.4 is 10.6 Å². The van der Waals surface area contributed by atoms with E-state index in [0.717, 1.165) is 0 Å². The van der Waals surface area contributed by atoms with Crippen LogP contribution in [0.4, 0.5) is 0 Å². The van der Waals surface area contributed by atoms with Crippen LogP contribution in [0.15, 0.2) is 69.7 Å². The van der Waals surface area contributed by atoms with Crippen LogP contribution in [-0.2, 0) is 0 Å². The molecule has 208 valence electrons. The van der Waals surface area contributed by atoms with E-state index in [1.165, 1.54) is 54.9 Å². The number of aromatic nitrogens is 4. The van der Waals surface area contributed by atoms with E-state index in [1.807, 2.05) is 0 Å². The maximum atomic E-state index is 10.8. The van der Waals surface area contributed by atoms with Gasteiger partial charge in [-0.05, 0) is 73.2 Å². The lowest BCUT2D eigenvalue weighted by atomic mass is 9.91. The Morgan fingerprint density at radius 3 is 1.85 bits per heavy atom. The van der Waals surface area contributed by atoms with E-state index in [-0.39, 0.29) is 11.1 Å². The van der Waals surface area contributed by atoms with Crippen LogP contribution >= 0.6 is 15.9 Å². The number of nitrogens with one attached hydrogen (secondary N) is 2. The van der Waals surface area contributed by atoms with Gasteiger partial charge in [0.25, 0.3) is 0 Å². The normalized spacial score (nSPS) is 17.0. The smallest absolute Gasteiger partial charge is 0.339 e. The number of likely N-dealkylation sites (N-methyl/N-ethyl adjacent to an activating group) is 2. The number of hydrogen-bond acceptors (Lipinski definition) is 9. The van der Waals surface area contributed by atoms with Gasteiger partial charge in [0.2, 0.25) is 0 Å². The van der Waals surface area contributed by atoms with Crippen LogP contribution in [0.2, 0.25) is 0 Å². The zero-order valence-corrected chi connectivity index (χ0v) is 23.4. The SMILES string of the molecule is C1=NCN=C1.CNC1CCCCC1NC.O=C(O)c1cccnc1-n1cccn1.O=C(O)c1cccnc1Br. The monoisotopic (exact) mass is 600 g/mol. The fraction of sp³-hybridized carbons (Fsp3) is 0.346. The summed E-state index contributed by atoms with van der Waals surface area (Å²) in [4.78, 5) is 36.4. The van der Waals surface area contributed by atoms with E-state index < -0.39 is 11.9 Å². The Kier molecular flexibility index (Phi) is 14.2. The predicted molar refractivity (Wildman–Crippen MR) is 153 cm³/mol. The molecule has 2 atom stereocenters. The van der Waals surface area contributed by atoms with Crippen molar-refractivity contribution in [2.45, 2.75) is 37.8 Å². The van der Waals surface area contributed by atoms with Crippen molar-refractivity contribution >= 4 is 40.3 Å². The van der Waals surface area contributed by atoms with Crippen molar-refractivity contribution in [2.75, 3.05) is 20.8 Å². The molecule has 0 radical (unpaired) electrons. The van der Waals surface area contributed by atoms with E-state index in [9.17, 15) is 9.59 Å². The summed E-state index contributed by atoms with van der Waals surface area (Å²) in [5, 5.41) is 28.0. The first-order valence-corrected chi connectivity index (χ1v) is 13.0. The number of rotatable bonds is 5. The second-order valence-corrected chi connectivity index (χ2v) is 8.91. The molecular formula is C26H33BrN8O4. The Labute approximate surface area is 235 Å². The van der Waals surface area contributed by atoms with Crippen molar-refractivity contribution < 1.29 is 19.8 Å². The fourth-order valence-corrected chi connectivity index (χ4v) is 4.16. The zero-order chi connectivity index (χ0) is 28.5. The molecule has 3 aromatic rings. The summed E-state index contributed by atoms with van der Waals surface area (Å²) in [6.07, 6.45) is 15.1. The van der Waals surface area contributed by atoms with Crippen LogP contribution in [0.25, 0.3) is 5.82 Å². The third-order valence-corrected chi connectivity index (χ3v) is 6.31. The van der Waals surface area contributed by atoms with Crippen molar-refractivity contribution in [1.29, 1.82) is 0 Å². The third kappa shape index (κ3) is 10.8. The molecule has 3 aromatic heterocycles. The van der Waals surface area contributed by atoms with Crippen molar-refractivity contribution in [3.05, 3.63) is 70.8 Å². The third-order valence-electron chi connectivity index (χ3n) is 5.68. The van der Waals surface area contributed by atoms with Gasteiger partial charge in [0.05, 0.1) is 5.56 Å². The van der Waals surface area contributed by atoms with Crippen LogP contribution in [0, 0.1) is 0 Å². The molecular weight excluding hydrogens is 568 g/mol. The van der Waals surface area contributed by atoms with E-state index in [2.05, 4.69) is 65.7 Å². The van der Waals surface area contributed by atoms with Crippen LogP contribution in [-0.4, -0.2) is 87.2 Å². The van der Waals surface area contributed by atoms with E-state index in [4.69, 9.17) is 10.2 Å². The lowest BCUT2D eigenvalue weighted by Crippen LogP contribution is -2.47. The van der Waals surface area contributed by atoms with E-state index in [1.54, 1.807) is 43.0 Å². The summed E-state index contributed by atoms with van der Waals surface area (Å²) in [6, 6.07) is 9.26. The first-order chi connectivity index (χ1) is 18.9. The summed E-state index contributed by atoms with van der Waals surface area (Å²) in [5.74, 6) is -1.66. The Hall–Kier alpha value is -3.81. The molecule has 1 aliphatic heterocycles. The van der Waals surface area contributed by atoms with Gasteiger partial charge in [-0.25, -0.2) is 24.2 Å². The van der Waals surface area contributed by atoms with Crippen LogP contribution in [0.3, 0.4) is 0 Å². The molecule has 0 spiro atoms. The number of aliphatic imine (C=N–C) groups is 2. The number of pyridine rings is 2. The standard InChI is InChI=1S/C9H7N3O2.C8H18N2.C6H4BrNO2.C3H4N2/c13-9(14)7-3-1-4-10-8(7)12-6-2-5-11-12;1-9-7-5-3-4-6-8(7)10-2;7-5-4(6(9)10)2-1-3-8-5;1-2-5-3-4-1/h1-6H,(H,13,14);7-10H,3-6H2,1-2H3;1-3H,(H,9,10);1-2H,3H2. The van der Waals surface area contributed by atoms with Gasteiger partial charge in [-0.1, -0.05) is 12.8 Å². The molecule has 2 unspecified atom stereocenters. The Morgan fingerprint density at radius 1 is 0.872 bits per heavy atom. The number of aromatic carboxylic acids is 2. The van der Waals surface area contributed by atoms with Gasteiger partial charge in [-0.2, -0.15) is 5.10 Å². The average molecular weight is 602 g/mol. The van der Waals surface area contributed by atoms with Gasteiger partial charge in [0.15, 0.2) is 5.82 Å². The molecule has 0 amide bonds. The summed E-state index contributed by atoms with van der Waals surface area (Å²) in [5.41, 5.74) is 0.318. The number of carbonyl (C=O) groups is 2. The maximum absolute atomic E-state index is 10.8. The van der Waals surface area contributed by atoms with Crippen molar-refractivity contribution in [3.63, 3.8) is 0 Å². The minimum absolute atomic E-state index is 0.135. The summed E-state index contributed by atoms with van der Waals surface area (Å²) in [6.45, 7) is 0.639.